The van der Waals surface area contributed by atoms with Gasteiger partial charge in [0.05, 0.1) is 12.2 Å². The van der Waals surface area contributed by atoms with Crippen molar-refractivity contribution in [3.8, 4) is 0 Å². The number of fused-ring (bicyclic) bond motifs is 1. The highest BCUT2D eigenvalue weighted by Gasteiger charge is 2.19. The van der Waals surface area contributed by atoms with Crippen LogP contribution in [-0.4, -0.2) is 15.7 Å². The Labute approximate surface area is 161 Å². The summed E-state index contributed by atoms with van der Waals surface area (Å²) in [7, 11) is 1.92. The average Bonchev–Trinajstić information content (AvgIpc) is 2.96. The summed E-state index contributed by atoms with van der Waals surface area (Å²) in [6, 6.07) is 12.4. The maximum atomic E-state index is 12.8. The first-order valence-electron chi connectivity index (χ1n) is 9.54. The van der Waals surface area contributed by atoms with E-state index in [-0.39, 0.29) is 17.4 Å². The predicted octanol–water partition coefficient (Wildman–Crippen LogP) is 5.06. The van der Waals surface area contributed by atoms with Crippen LogP contribution in [0.4, 0.5) is 0 Å². The Hall–Kier alpha value is -2.62. The summed E-state index contributed by atoms with van der Waals surface area (Å²) in [5.74, 6) is -0.0492. The van der Waals surface area contributed by atoms with Gasteiger partial charge in [-0.15, -0.1) is 0 Å². The van der Waals surface area contributed by atoms with E-state index in [0.717, 1.165) is 28.5 Å². The lowest BCUT2D eigenvalue weighted by molar-refractivity contribution is 0.0935. The lowest BCUT2D eigenvalue weighted by atomic mass is 9.86. The number of hydrogen-bond donors (Lipinski definition) is 1. The van der Waals surface area contributed by atoms with E-state index in [0.29, 0.717) is 5.56 Å². The summed E-state index contributed by atoms with van der Waals surface area (Å²) < 4.78 is 1.84. The van der Waals surface area contributed by atoms with Crippen LogP contribution in [0.5, 0.6) is 0 Å². The number of carbonyl (C=O) groups is 1. The van der Waals surface area contributed by atoms with Crippen LogP contribution < -0.4 is 5.32 Å². The Morgan fingerprint density at radius 3 is 2.41 bits per heavy atom. The van der Waals surface area contributed by atoms with Crippen LogP contribution in [0.25, 0.3) is 10.8 Å². The zero-order valence-corrected chi connectivity index (χ0v) is 17.1. The highest BCUT2D eigenvalue weighted by molar-refractivity contribution is 5.98. The first-order chi connectivity index (χ1) is 12.7. The van der Waals surface area contributed by atoms with Gasteiger partial charge in [0, 0.05) is 23.9 Å². The topological polar surface area (TPSA) is 46.9 Å². The maximum Gasteiger partial charge on any atom is 0.251 e. The summed E-state index contributed by atoms with van der Waals surface area (Å²) in [5, 5.41) is 9.71. The number of amides is 1. The minimum Gasteiger partial charge on any atom is -0.345 e. The molecule has 1 atom stereocenters. The molecule has 0 spiro atoms. The Morgan fingerprint density at radius 2 is 1.81 bits per heavy atom. The predicted molar refractivity (Wildman–Crippen MR) is 111 cm³/mol. The van der Waals surface area contributed by atoms with Crippen molar-refractivity contribution in [2.45, 2.75) is 52.5 Å². The van der Waals surface area contributed by atoms with Gasteiger partial charge in [0.2, 0.25) is 0 Å². The zero-order chi connectivity index (χ0) is 19.8. The fourth-order valence-corrected chi connectivity index (χ4v) is 3.35. The van der Waals surface area contributed by atoms with Crippen molar-refractivity contribution in [1.29, 1.82) is 0 Å². The second-order valence-electron chi connectivity index (χ2n) is 8.27. The van der Waals surface area contributed by atoms with E-state index in [1.54, 1.807) is 0 Å². The van der Waals surface area contributed by atoms with E-state index in [2.05, 4.69) is 56.3 Å². The second kappa shape index (κ2) is 7.18. The van der Waals surface area contributed by atoms with Gasteiger partial charge in [0.15, 0.2) is 0 Å². The van der Waals surface area contributed by atoms with Crippen molar-refractivity contribution in [1.82, 2.24) is 15.1 Å². The van der Waals surface area contributed by atoms with Gasteiger partial charge in [0.25, 0.3) is 5.91 Å². The van der Waals surface area contributed by atoms with E-state index in [4.69, 9.17) is 0 Å². The molecule has 0 fully saturated rings. The molecule has 0 bridgehead atoms. The molecule has 1 unspecified atom stereocenters. The minimum absolute atomic E-state index is 0.0369. The monoisotopic (exact) mass is 363 g/mol. The molecular weight excluding hydrogens is 334 g/mol. The second-order valence-corrected chi connectivity index (χ2v) is 8.27. The normalized spacial score (nSPS) is 13.0. The van der Waals surface area contributed by atoms with Crippen LogP contribution in [0.1, 0.15) is 67.3 Å². The summed E-state index contributed by atoms with van der Waals surface area (Å²) in [5.41, 5.74) is 4.25. The fourth-order valence-electron chi connectivity index (χ4n) is 3.35. The van der Waals surface area contributed by atoms with Crippen LogP contribution in [0.2, 0.25) is 0 Å². The molecule has 4 nitrogen and oxygen atoms in total. The number of nitrogens with zero attached hydrogens (tertiary/aromatic N) is 2. The van der Waals surface area contributed by atoms with Crippen molar-refractivity contribution in [2.75, 3.05) is 0 Å². The van der Waals surface area contributed by atoms with Gasteiger partial charge in [-0.3, -0.25) is 9.48 Å². The van der Waals surface area contributed by atoms with Gasteiger partial charge in [0.1, 0.15) is 0 Å². The molecule has 1 N–H and O–H groups in total. The van der Waals surface area contributed by atoms with Crippen molar-refractivity contribution >= 4 is 16.7 Å². The smallest absolute Gasteiger partial charge is 0.251 e. The average molecular weight is 364 g/mol. The largest absolute Gasteiger partial charge is 0.345 e. The number of aryl methyl sites for hydroxylation is 1. The number of aromatic nitrogens is 2. The van der Waals surface area contributed by atoms with Crippen molar-refractivity contribution in [2.24, 2.45) is 7.05 Å². The molecule has 27 heavy (non-hydrogen) atoms. The number of benzene rings is 2. The minimum atomic E-state index is -0.0492. The molecule has 142 valence electrons. The van der Waals surface area contributed by atoms with Crippen LogP contribution in [-0.2, 0) is 12.5 Å². The van der Waals surface area contributed by atoms with Gasteiger partial charge in [-0.05, 0) is 47.2 Å². The molecule has 0 aliphatic rings. The van der Waals surface area contributed by atoms with Gasteiger partial charge < -0.3 is 5.32 Å². The molecule has 0 saturated carbocycles. The molecule has 1 aromatic heterocycles. The maximum absolute atomic E-state index is 12.8. The molecule has 3 aromatic rings. The van der Waals surface area contributed by atoms with E-state index >= 15 is 0 Å². The molecule has 0 radical (unpaired) electrons. The Kier molecular flexibility index (Phi) is 5.09. The van der Waals surface area contributed by atoms with Crippen LogP contribution in [0, 0.1) is 6.92 Å². The first-order valence-corrected chi connectivity index (χ1v) is 9.54. The van der Waals surface area contributed by atoms with Crippen LogP contribution in [0.15, 0.2) is 42.6 Å². The molecule has 0 saturated heterocycles. The molecule has 1 amide bonds. The number of rotatable bonds is 4. The van der Waals surface area contributed by atoms with Crippen LogP contribution in [0.3, 0.4) is 0 Å². The lowest BCUT2D eigenvalue weighted by Crippen LogP contribution is -2.28. The zero-order valence-electron chi connectivity index (χ0n) is 17.1. The number of nitrogens with one attached hydrogen (secondary N) is 1. The van der Waals surface area contributed by atoms with E-state index in [1.807, 2.05) is 43.0 Å². The molecule has 4 heteroatoms. The molecular formula is C23H29N3O. The molecule has 2 aromatic carbocycles. The van der Waals surface area contributed by atoms with Crippen molar-refractivity contribution < 1.29 is 4.79 Å². The third-order valence-corrected chi connectivity index (χ3v) is 5.33. The Morgan fingerprint density at radius 1 is 1.15 bits per heavy atom. The van der Waals surface area contributed by atoms with E-state index < -0.39 is 0 Å². The SMILES string of the molecule is CCC(NC(=O)c1ccc2cc(C(C)(C)C)ccc2c1)c1cnn(C)c1C. The van der Waals surface area contributed by atoms with Crippen molar-refractivity contribution in [3.05, 3.63) is 65.0 Å². The molecule has 0 aliphatic carbocycles. The van der Waals surface area contributed by atoms with E-state index in [9.17, 15) is 4.79 Å². The first kappa shape index (κ1) is 19.2. The van der Waals surface area contributed by atoms with E-state index in [1.165, 1.54) is 5.56 Å². The third-order valence-electron chi connectivity index (χ3n) is 5.33. The standard InChI is InChI=1S/C23H29N3O/c1-7-21(20-14-24-26(6)15(20)2)25-22(27)18-9-8-17-13-19(23(3,4)5)11-10-16(17)12-18/h8-14,21H,7H2,1-6H3,(H,25,27). The molecule has 0 aliphatic heterocycles. The summed E-state index contributed by atoms with van der Waals surface area (Å²) in [6.45, 7) is 10.7. The summed E-state index contributed by atoms with van der Waals surface area (Å²) in [6.07, 6.45) is 2.67. The molecule has 3 rings (SSSR count). The lowest BCUT2D eigenvalue weighted by Gasteiger charge is -2.20. The van der Waals surface area contributed by atoms with Gasteiger partial charge >= 0.3 is 0 Å². The number of hydrogen-bond acceptors (Lipinski definition) is 2. The Balaban J connectivity index is 1.86. The van der Waals surface area contributed by atoms with Gasteiger partial charge in [-0.2, -0.15) is 5.10 Å². The summed E-state index contributed by atoms with van der Waals surface area (Å²) >= 11 is 0. The molecule has 1 heterocycles. The van der Waals surface area contributed by atoms with Crippen molar-refractivity contribution in [3.63, 3.8) is 0 Å². The quantitative estimate of drug-likeness (QED) is 0.704. The summed E-state index contributed by atoms with van der Waals surface area (Å²) in [4.78, 5) is 12.8. The number of carbonyl (C=O) groups excluding carboxylic acids is 1. The van der Waals surface area contributed by atoms with Crippen LogP contribution >= 0.6 is 0 Å². The highest BCUT2D eigenvalue weighted by atomic mass is 16.1. The van der Waals surface area contributed by atoms with Gasteiger partial charge in [-0.25, -0.2) is 0 Å². The third kappa shape index (κ3) is 3.90. The highest BCUT2D eigenvalue weighted by Crippen LogP contribution is 2.27. The van der Waals surface area contributed by atoms with Gasteiger partial charge in [-0.1, -0.05) is 52.0 Å². The fraction of sp³-hybridized carbons (Fsp3) is 0.391. The Bertz CT molecular complexity index is 979.